The molecule has 0 amide bonds. The van der Waals surface area contributed by atoms with Gasteiger partial charge in [0.2, 0.25) is 0 Å². The summed E-state index contributed by atoms with van der Waals surface area (Å²) in [7, 11) is 0. The van der Waals surface area contributed by atoms with Crippen molar-refractivity contribution in [2.24, 2.45) is 5.92 Å². The van der Waals surface area contributed by atoms with E-state index in [9.17, 15) is 18.3 Å². The van der Waals surface area contributed by atoms with Gasteiger partial charge >= 0.3 is 0 Å². The predicted molar refractivity (Wildman–Crippen MR) is 103 cm³/mol. The highest BCUT2D eigenvalue weighted by atomic mass is 19.2. The Bertz CT molecular complexity index is 1050. The summed E-state index contributed by atoms with van der Waals surface area (Å²) < 4.78 is 43.0. The highest BCUT2D eigenvalue weighted by Gasteiger charge is 2.35. The lowest BCUT2D eigenvalue weighted by Crippen LogP contribution is -2.23. The molecule has 0 spiro atoms. The van der Waals surface area contributed by atoms with Crippen molar-refractivity contribution in [3.63, 3.8) is 0 Å². The molecule has 1 aromatic carbocycles. The highest BCUT2D eigenvalue weighted by Crippen LogP contribution is 2.47. The summed E-state index contributed by atoms with van der Waals surface area (Å²) in [5.41, 5.74) is 3.31. The topological polar surface area (TPSA) is 37.5 Å². The van der Waals surface area contributed by atoms with Crippen LogP contribution in [0.3, 0.4) is 0 Å². The van der Waals surface area contributed by atoms with Crippen LogP contribution in [0.2, 0.25) is 0 Å². The first-order valence-corrected chi connectivity index (χ1v) is 10.3. The molecule has 152 valence electrons. The van der Waals surface area contributed by atoms with Gasteiger partial charge in [0.1, 0.15) is 0 Å². The van der Waals surface area contributed by atoms with E-state index in [1.807, 2.05) is 10.5 Å². The number of fused-ring (bicyclic) bond motifs is 1. The number of nitrogens with zero attached hydrogens (tertiary/aromatic N) is 2. The molecular weight excluding hydrogens is 377 g/mol. The number of halogens is 3. The molecule has 29 heavy (non-hydrogen) atoms. The quantitative estimate of drug-likeness (QED) is 0.576. The van der Waals surface area contributed by atoms with Crippen LogP contribution >= 0.6 is 0 Å². The SMILES string of the molecule is O[C@H](c1c(C2CC2)ccc2cncn12)[C@H]1CC[C@H](c2ccc(F)c(F)c2F)CC1. The first-order chi connectivity index (χ1) is 14.0. The summed E-state index contributed by atoms with van der Waals surface area (Å²) in [4.78, 5) is 4.23. The van der Waals surface area contributed by atoms with E-state index in [2.05, 4.69) is 11.1 Å². The molecule has 1 N–H and O–H groups in total. The highest BCUT2D eigenvalue weighted by molar-refractivity contribution is 5.50. The van der Waals surface area contributed by atoms with Crippen LogP contribution in [0.15, 0.2) is 36.8 Å². The molecule has 2 saturated carbocycles. The zero-order valence-corrected chi connectivity index (χ0v) is 16.0. The maximum absolute atomic E-state index is 14.2. The summed E-state index contributed by atoms with van der Waals surface area (Å²) in [6.45, 7) is 0. The number of hydrogen-bond donors (Lipinski definition) is 1. The van der Waals surface area contributed by atoms with Crippen LogP contribution in [-0.4, -0.2) is 14.5 Å². The van der Waals surface area contributed by atoms with Gasteiger partial charge in [-0.25, -0.2) is 18.2 Å². The predicted octanol–water partition coefficient (Wildman–Crippen LogP) is 5.64. The fourth-order valence-corrected chi connectivity index (χ4v) is 4.91. The second kappa shape index (κ2) is 7.17. The van der Waals surface area contributed by atoms with Gasteiger partial charge in [0.05, 0.1) is 29.8 Å². The molecule has 3 aromatic rings. The molecule has 0 radical (unpaired) electrons. The largest absolute Gasteiger partial charge is 0.387 e. The van der Waals surface area contributed by atoms with E-state index >= 15 is 0 Å². The second-order valence-corrected chi connectivity index (χ2v) is 8.46. The van der Waals surface area contributed by atoms with Crippen molar-refractivity contribution in [1.82, 2.24) is 9.38 Å². The molecule has 0 saturated heterocycles. The van der Waals surface area contributed by atoms with Crippen molar-refractivity contribution >= 4 is 5.52 Å². The molecule has 2 aromatic heterocycles. The molecule has 5 rings (SSSR count). The third-order valence-corrected chi connectivity index (χ3v) is 6.68. The lowest BCUT2D eigenvalue weighted by molar-refractivity contribution is 0.0751. The Kier molecular flexibility index (Phi) is 4.62. The Morgan fingerprint density at radius 1 is 0.862 bits per heavy atom. The smallest absolute Gasteiger partial charge is 0.194 e. The zero-order chi connectivity index (χ0) is 20.1. The molecule has 2 aliphatic rings. The van der Waals surface area contributed by atoms with E-state index in [0.717, 1.165) is 30.1 Å². The minimum absolute atomic E-state index is 0.0464. The van der Waals surface area contributed by atoms with Crippen LogP contribution in [-0.2, 0) is 0 Å². The number of aliphatic hydroxyl groups excluding tert-OH is 1. The van der Waals surface area contributed by atoms with E-state index in [1.54, 1.807) is 12.5 Å². The van der Waals surface area contributed by atoms with Gasteiger partial charge < -0.3 is 9.51 Å². The lowest BCUT2D eigenvalue weighted by atomic mass is 9.75. The van der Waals surface area contributed by atoms with Gasteiger partial charge in [0.15, 0.2) is 17.5 Å². The van der Waals surface area contributed by atoms with E-state index in [4.69, 9.17) is 0 Å². The van der Waals surface area contributed by atoms with E-state index in [-0.39, 0.29) is 17.4 Å². The number of imidazole rings is 1. The Labute approximate surface area is 167 Å². The van der Waals surface area contributed by atoms with Gasteiger partial charge in [0.25, 0.3) is 0 Å². The van der Waals surface area contributed by atoms with Crippen LogP contribution in [0.25, 0.3) is 5.52 Å². The zero-order valence-electron chi connectivity index (χ0n) is 16.0. The average molecular weight is 400 g/mol. The van der Waals surface area contributed by atoms with Gasteiger partial charge in [-0.05, 0) is 79.5 Å². The summed E-state index contributed by atoms with van der Waals surface area (Å²) in [5, 5.41) is 11.3. The van der Waals surface area contributed by atoms with Crippen LogP contribution < -0.4 is 0 Å². The first-order valence-electron chi connectivity index (χ1n) is 10.3. The molecule has 2 fully saturated rings. The Morgan fingerprint density at radius 3 is 2.24 bits per heavy atom. The van der Waals surface area contributed by atoms with Crippen molar-refractivity contribution in [3.8, 4) is 0 Å². The molecule has 0 bridgehead atoms. The Morgan fingerprint density at radius 2 is 1.52 bits per heavy atom. The molecule has 6 heteroatoms. The van der Waals surface area contributed by atoms with Gasteiger partial charge in [-0.15, -0.1) is 0 Å². The van der Waals surface area contributed by atoms with Crippen LogP contribution in [0.1, 0.15) is 73.3 Å². The summed E-state index contributed by atoms with van der Waals surface area (Å²) >= 11 is 0. The fraction of sp³-hybridized carbons (Fsp3) is 0.435. The number of pyridine rings is 1. The molecule has 3 nitrogen and oxygen atoms in total. The summed E-state index contributed by atoms with van der Waals surface area (Å²) in [6, 6.07) is 6.50. The molecule has 0 aliphatic heterocycles. The van der Waals surface area contributed by atoms with Crippen LogP contribution in [0, 0.1) is 23.4 Å². The third-order valence-electron chi connectivity index (χ3n) is 6.68. The maximum atomic E-state index is 14.2. The van der Waals surface area contributed by atoms with Gasteiger partial charge in [-0.3, -0.25) is 0 Å². The monoisotopic (exact) mass is 400 g/mol. The van der Waals surface area contributed by atoms with E-state index in [0.29, 0.717) is 31.6 Å². The number of aliphatic hydroxyl groups is 1. The minimum Gasteiger partial charge on any atom is -0.387 e. The summed E-state index contributed by atoms with van der Waals surface area (Å²) in [6.07, 6.45) is 7.89. The second-order valence-electron chi connectivity index (χ2n) is 8.46. The van der Waals surface area contributed by atoms with Crippen molar-refractivity contribution < 1.29 is 18.3 Å². The van der Waals surface area contributed by atoms with Crippen molar-refractivity contribution in [2.75, 3.05) is 0 Å². The minimum atomic E-state index is -1.40. The van der Waals surface area contributed by atoms with Gasteiger partial charge in [0, 0.05) is 0 Å². The number of rotatable bonds is 4. The van der Waals surface area contributed by atoms with E-state index in [1.165, 1.54) is 11.6 Å². The molecule has 1 atom stereocenters. The average Bonchev–Trinajstić information content (AvgIpc) is 3.47. The fourth-order valence-electron chi connectivity index (χ4n) is 4.91. The molecular formula is C23H23F3N2O. The van der Waals surface area contributed by atoms with Crippen molar-refractivity contribution in [1.29, 1.82) is 0 Å². The molecule has 2 aliphatic carbocycles. The van der Waals surface area contributed by atoms with Crippen LogP contribution in [0.4, 0.5) is 13.2 Å². The molecule has 2 heterocycles. The Hall–Kier alpha value is -2.34. The lowest BCUT2D eigenvalue weighted by Gasteiger charge is -2.33. The van der Waals surface area contributed by atoms with Gasteiger partial charge in [-0.2, -0.15) is 0 Å². The number of hydrogen-bond acceptors (Lipinski definition) is 2. The van der Waals surface area contributed by atoms with E-state index < -0.39 is 23.6 Å². The normalized spacial score (nSPS) is 23.4. The summed E-state index contributed by atoms with van der Waals surface area (Å²) in [5.74, 6) is -3.24. The van der Waals surface area contributed by atoms with Crippen molar-refractivity contribution in [2.45, 2.75) is 56.5 Å². The van der Waals surface area contributed by atoms with Crippen molar-refractivity contribution in [3.05, 3.63) is 71.1 Å². The third kappa shape index (κ3) is 3.23. The van der Waals surface area contributed by atoms with Gasteiger partial charge in [-0.1, -0.05) is 12.1 Å². The number of aromatic nitrogens is 2. The maximum Gasteiger partial charge on any atom is 0.194 e. The Balaban J connectivity index is 1.38. The first kappa shape index (κ1) is 18.7. The standard InChI is InChI=1S/C23H23F3N2O/c24-19-10-9-17(20(25)21(19)26)13-3-5-15(6-4-13)23(29)22-18(14-1-2-14)8-7-16-11-27-12-28(16)22/h7-15,23,29H,1-6H2/t13-,15-,23-/m0/s1. The molecule has 0 unspecified atom stereocenters. The number of benzene rings is 1. The van der Waals surface area contributed by atoms with Crippen LogP contribution in [0.5, 0.6) is 0 Å².